The third-order valence-electron chi connectivity index (χ3n) is 4.58. The number of nitrogens with zero attached hydrogens (tertiary/aromatic N) is 5. The van der Waals surface area contributed by atoms with Crippen molar-refractivity contribution in [1.82, 2.24) is 29.9 Å². The maximum absolute atomic E-state index is 13.0. The van der Waals surface area contributed by atoms with E-state index >= 15 is 0 Å². The van der Waals surface area contributed by atoms with Crippen molar-refractivity contribution in [2.75, 3.05) is 20.2 Å². The number of carbonyl (C=O) groups is 1. The first kappa shape index (κ1) is 14.8. The minimum absolute atomic E-state index is 0.0151. The van der Waals surface area contributed by atoms with Gasteiger partial charge in [0.1, 0.15) is 0 Å². The van der Waals surface area contributed by atoms with E-state index in [1.807, 2.05) is 25.3 Å². The first-order valence-corrected chi connectivity index (χ1v) is 7.79. The van der Waals surface area contributed by atoms with Crippen molar-refractivity contribution in [3.05, 3.63) is 47.5 Å². The number of methoxy groups -OCH3 is 1. The van der Waals surface area contributed by atoms with Crippen molar-refractivity contribution < 1.29 is 9.53 Å². The standard InChI is InChI=1S/C16H18N6O2/c1-10-3-4-22-14(5-10)11(6-18-22)16(23)21-8-12(15(9-21)24-2)13-7-17-20-19-13/h3-7,12,15H,8-9H2,1-2H3,(H,17,19,20)/t12-,15+/m0/s1. The van der Waals surface area contributed by atoms with Crippen molar-refractivity contribution in [1.29, 1.82) is 0 Å². The van der Waals surface area contributed by atoms with Gasteiger partial charge in [-0.1, -0.05) is 0 Å². The highest BCUT2D eigenvalue weighted by Crippen LogP contribution is 2.29. The number of pyridine rings is 1. The maximum Gasteiger partial charge on any atom is 0.257 e. The minimum atomic E-state index is -0.0948. The van der Waals surface area contributed by atoms with Gasteiger partial charge in [0.25, 0.3) is 5.91 Å². The van der Waals surface area contributed by atoms with Gasteiger partial charge in [-0.2, -0.15) is 20.5 Å². The summed E-state index contributed by atoms with van der Waals surface area (Å²) in [5, 5.41) is 14.9. The Kier molecular flexibility index (Phi) is 3.53. The van der Waals surface area contributed by atoms with E-state index in [1.165, 1.54) is 0 Å². The Morgan fingerprint density at radius 2 is 2.25 bits per heavy atom. The fraction of sp³-hybridized carbons (Fsp3) is 0.375. The fourth-order valence-corrected chi connectivity index (χ4v) is 3.27. The molecule has 1 N–H and O–H groups in total. The van der Waals surface area contributed by atoms with E-state index in [1.54, 1.807) is 28.9 Å². The van der Waals surface area contributed by atoms with E-state index in [4.69, 9.17) is 4.74 Å². The van der Waals surface area contributed by atoms with Gasteiger partial charge >= 0.3 is 0 Å². The SMILES string of the molecule is CO[C@@H]1CN(C(=O)c2cnn3ccc(C)cc23)C[C@H]1c1cn[nH]n1. The zero-order valence-corrected chi connectivity index (χ0v) is 13.5. The molecule has 0 aliphatic carbocycles. The molecule has 0 bridgehead atoms. The van der Waals surface area contributed by atoms with Crippen LogP contribution in [0.1, 0.15) is 27.5 Å². The van der Waals surface area contributed by atoms with Crippen molar-refractivity contribution in [2.24, 2.45) is 0 Å². The lowest BCUT2D eigenvalue weighted by Gasteiger charge is -2.15. The monoisotopic (exact) mass is 326 g/mol. The lowest BCUT2D eigenvalue weighted by molar-refractivity contribution is 0.0716. The average molecular weight is 326 g/mol. The molecule has 1 amide bonds. The van der Waals surface area contributed by atoms with Crippen LogP contribution in [0.5, 0.6) is 0 Å². The summed E-state index contributed by atoms with van der Waals surface area (Å²) in [6.07, 6.45) is 5.08. The molecule has 8 heteroatoms. The van der Waals surface area contributed by atoms with Crippen LogP contribution in [0.4, 0.5) is 0 Å². The molecule has 3 aromatic heterocycles. The number of fused-ring (bicyclic) bond motifs is 1. The number of aromatic amines is 1. The summed E-state index contributed by atoms with van der Waals surface area (Å²) >= 11 is 0. The Morgan fingerprint density at radius 1 is 1.38 bits per heavy atom. The van der Waals surface area contributed by atoms with Crippen LogP contribution in [-0.4, -0.2) is 62.1 Å². The zero-order chi connectivity index (χ0) is 16.7. The van der Waals surface area contributed by atoms with Crippen LogP contribution in [0.2, 0.25) is 0 Å². The van der Waals surface area contributed by atoms with Crippen molar-refractivity contribution in [3.8, 4) is 0 Å². The van der Waals surface area contributed by atoms with Gasteiger partial charge in [-0.05, 0) is 24.6 Å². The molecular weight excluding hydrogens is 308 g/mol. The van der Waals surface area contributed by atoms with Crippen LogP contribution in [0.3, 0.4) is 0 Å². The Bertz CT molecular complexity index is 872. The van der Waals surface area contributed by atoms with Gasteiger partial charge < -0.3 is 9.64 Å². The number of amides is 1. The smallest absolute Gasteiger partial charge is 0.257 e. The normalized spacial score (nSPS) is 20.8. The van der Waals surface area contributed by atoms with Crippen LogP contribution in [0.15, 0.2) is 30.7 Å². The summed E-state index contributed by atoms with van der Waals surface area (Å²) < 4.78 is 7.28. The molecule has 0 unspecified atom stereocenters. The van der Waals surface area contributed by atoms with Crippen LogP contribution in [0, 0.1) is 6.92 Å². The van der Waals surface area contributed by atoms with Crippen LogP contribution >= 0.6 is 0 Å². The number of ether oxygens (including phenoxy) is 1. The van der Waals surface area contributed by atoms with Gasteiger partial charge in [-0.3, -0.25) is 4.79 Å². The van der Waals surface area contributed by atoms with Gasteiger partial charge in [0.2, 0.25) is 0 Å². The number of likely N-dealkylation sites (tertiary alicyclic amines) is 1. The first-order chi connectivity index (χ1) is 11.7. The van der Waals surface area contributed by atoms with Gasteiger partial charge in [0.05, 0.1) is 41.2 Å². The number of hydrogen-bond donors (Lipinski definition) is 1. The molecule has 24 heavy (non-hydrogen) atoms. The van der Waals surface area contributed by atoms with E-state index in [-0.39, 0.29) is 17.9 Å². The third-order valence-corrected chi connectivity index (χ3v) is 4.58. The predicted octanol–water partition coefficient (Wildman–Crippen LogP) is 1.02. The number of carbonyl (C=O) groups excluding carboxylic acids is 1. The number of rotatable bonds is 3. The fourth-order valence-electron chi connectivity index (χ4n) is 3.27. The molecule has 1 aliphatic heterocycles. The molecule has 1 saturated heterocycles. The first-order valence-electron chi connectivity index (χ1n) is 7.79. The summed E-state index contributed by atoms with van der Waals surface area (Å²) in [6, 6.07) is 3.94. The number of aromatic nitrogens is 5. The molecule has 1 fully saturated rings. The average Bonchev–Trinajstić information content (AvgIpc) is 3.31. The van der Waals surface area contributed by atoms with E-state index in [9.17, 15) is 4.79 Å². The molecule has 0 spiro atoms. The van der Waals surface area contributed by atoms with Crippen molar-refractivity contribution in [3.63, 3.8) is 0 Å². The molecule has 0 radical (unpaired) electrons. The largest absolute Gasteiger partial charge is 0.379 e. The third kappa shape index (κ3) is 2.35. The van der Waals surface area contributed by atoms with Gasteiger partial charge in [-0.25, -0.2) is 4.52 Å². The minimum Gasteiger partial charge on any atom is -0.379 e. The molecule has 0 saturated carbocycles. The predicted molar refractivity (Wildman–Crippen MR) is 85.8 cm³/mol. The molecule has 2 atom stereocenters. The second-order valence-electron chi connectivity index (χ2n) is 6.08. The highest BCUT2D eigenvalue weighted by molar-refractivity contribution is 6.00. The van der Waals surface area contributed by atoms with Crippen molar-refractivity contribution >= 4 is 11.4 Å². The van der Waals surface area contributed by atoms with Crippen LogP contribution in [0.25, 0.3) is 5.52 Å². The van der Waals surface area contributed by atoms with E-state index in [0.29, 0.717) is 18.7 Å². The highest BCUT2D eigenvalue weighted by Gasteiger charge is 2.38. The van der Waals surface area contributed by atoms with E-state index in [2.05, 4.69) is 20.5 Å². The molecule has 8 nitrogen and oxygen atoms in total. The molecular formula is C16H18N6O2. The summed E-state index contributed by atoms with van der Waals surface area (Å²) in [5.74, 6) is -0.0232. The summed E-state index contributed by atoms with van der Waals surface area (Å²) in [4.78, 5) is 14.8. The summed E-state index contributed by atoms with van der Waals surface area (Å²) in [7, 11) is 1.66. The van der Waals surface area contributed by atoms with E-state index in [0.717, 1.165) is 16.8 Å². The summed E-state index contributed by atoms with van der Waals surface area (Å²) in [6.45, 7) is 3.07. The maximum atomic E-state index is 13.0. The molecule has 124 valence electrons. The van der Waals surface area contributed by atoms with E-state index < -0.39 is 0 Å². The number of H-pyrrole nitrogens is 1. The molecule has 4 rings (SSSR count). The lowest BCUT2D eigenvalue weighted by Crippen LogP contribution is -2.29. The second kappa shape index (κ2) is 5.72. The Hall–Kier alpha value is -2.74. The number of hydrogen-bond acceptors (Lipinski definition) is 5. The zero-order valence-electron chi connectivity index (χ0n) is 13.5. The molecule has 0 aromatic carbocycles. The second-order valence-corrected chi connectivity index (χ2v) is 6.08. The van der Waals surface area contributed by atoms with Crippen LogP contribution in [-0.2, 0) is 4.74 Å². The summed E-state index contributed by atoms with van der Waals surface area (Å²) in [5.41, 5.74) is 3.33. The Balaban J connectivity index is 1.63. The van der Waals surface area contributed by atoms with Gasteiger partial charge in [0.15, 0.2) is 0 Å². The van der Waals surface area contributed by atoms with Crippen molar-refractivity contribution in [2.45, 2.75) is 18.9 Å². The quantitative estimate of drug-likeness (QED) is 0.776. The Morgan fingerprint density at radius 3 is 3.00 bits per heavy atom. The molecule has 1 aliphatic rings. The Labute approximate surface area is 138 Å². The number of nitrogens with one attached hydrogen (secondary N) is 1. The van der Waals surface area contributed by atoms with Gasteiger partial charge in [0, 0.05) is 26.4 Å². The van der Waals surface area contributed by atoms with Gasteiger partial charge in [-0.15, -0.1) is 0 Å². The molecule has 4 heterocycles. The number of aryl methyl sites for hydroxylation is 1. The topological polar surface area (TPSA) is 88.4 Å². The molecule has 3 aromatic rings. The highest BCUT2D eigenvalue weighted by atomic mass is 16.5. The van der Waals surface area contributed by atoms with Crippen LogP contribution < -0.4 is 0 Å². The lowest BCUT2D eigenvalue weighted by atomic mass is 10.0.